The predicted molar refractivity (Wildman–Crippen MR) is 58.7 cm³/mol. The summed E-state index contributed by atoms with van der Waals surface area (Å²) in [5, 5.41) is 2.98. The molecule has 0 saturated heterocycles. The highest BCUT2D eigenvalue weighted by molar-refractivity contribution is 6.45. The summed E-state index contributed by atoms with van der Waals surface area (Å²) in [6.07, 6.45) is 2.31. The van der Waals surface area contributed by atoms with Gasteiger partial charge >= 0.3 is 9.36 Å². The monoisotopic (exact) mass is 205 g/mol. The maximum Gasteiger partial charge on any atom is 0.336 e. The Morgan fingerprint density at radius 3 is 2.00 bits per heavy atom. The first-order valence-corrected chi connectivity index (χ1v) is 6.70. The fourth-order valence-corrected chi connectivity index (χ4v) is 2.72. The van der Waals surface area contributed by atoms with Crippen LogP contribution in [0.3, 0.4) is 0 Å². The van der Waals surface area contributed by atoms with E-state index in [-0.39, 0.29) is 0 Å². The minimum Gasteiger partial charge on any atom is -0.381 e. The van der Waals surface area contributed by atoms with Crippen molar-refractivity contribution >= 4 is 9.36 Å². The van der Waals surface area contributed by atoms with E-state index in [0.29, 0.717) is 6.73 Å². The quantitative estimate of drug-likeness (QED) is 0.363. The highest BCUT2D eigenvalue weighted by atomic mass is 28.3. The molecule has 13 heavy (non-hydrogen) atoms. The Bertz CT molecular complexity index is 86.4. The summed E-state index contributed by atoms with van der Waals surface area (Å²) in [5.74, 6) is 0. The summed E-state index contributed by atoms with van der Waals surface area (Å²) in [5.41, 5.74) is 0. The summed E-state index contributed by atoms with van der Waals surface area (Å²) in [6, 6.07) is 0. The van der Waals surface area contributed by atoms with Crippen LogP contribution in [0, 0.1) is 0 Å². The number of hydrogen-bond donors (Lipinski definition) is 3. The van der Waals surface area contributed by atoms with E-state index in [1.54, 1.807) is 0 Å². The first-order chi connectivity index (χ1) is 6.35. The van der Waals surface area contributed by atoms with Gasteiger partial charge in [0.1, 0.15) is 0 Å². The molecule has 0 amide bonds. The lowest BCUT2D eigenvalue weighted by molar-refractivity contribution is 0.281. The van der Waals surface area contributed by atoms with Crippen LogP contribution < -0.4 is 15.3 Å². The van der Waals surface area contributed by atoms with Crippen molar-refractivity contribution in [1.82, 2.24) is 15.3 Å². The molecular formula is C8H23N3OSi. The van der Waals surface area contributed by atoms with E-state index < -0.39 is 9.36 Å². The van der Waals surface area contributed by atoms with Gasteiger partial charge in [0.05, 0.1) is 6.73 Å². The number of hydrogen-bond acceptors (Lipinski definition) is 4. The first kappa shape index (κ1) is 13.1. The fraction of sp³-hybridized carbons (Fsp3) is 1.00. The van der Waals surface area contributed by atoms with Crippen LogP contribution in [0.2, 0.25) is 0 Å². The highest BCUT2D eigenvalue weighted by Crippen LogP contribution is 1.79. The topological polar surface area (TPSA) is 45.3 Å². The Labute approximate surface area is 83.3 Å². The van der Waals surface area contributed by atoms with Crippen molar-refractivity contribution in [3.8, 4) is 0 Å². The predicted octanol–water partition coefficient (Wildman–Crippen LogP) is -0.104. The molecule has 0 aliphatic heterocycles. The molecule has 0 aromatic heterocycles. The van der Waals surface area contributed by atoms with Gasteiger partial charge in [-0.15, -0.1) is 0 Å². The summed E-state index contributed by atoms with van der Waals surface area (Å²) in [7, 11) is 0.545. The van der Waals surface area contributed by atoms with Gasteiger partial charge in [-0.2, -0.15) is 0 Å². The molecule has 0 rings (SSSR count). The zero-order valence-corrected chi connectivity index (χ0v) is 10.2. The van der Waals surface area contributed by atoms with Crippen LogP contribution in [0.15, 0.2) is 0 Å². The molecule has 3 N–H and O–H groups in total. The maximum atomic E-state index is 5.60. The Morgan fingerprint density at radius 1 is 1.08 bits per heavy atom. The zero-order chi connectivity index (χ0) is 9.94. The van der Waals surface area contributed by atoms with Crippen LogP contribution in [-0.4, -0.2) is 36.2 Å². The van der Waals surface area contributed by atoms with Gasteiger partial charge < -0.3 is 14.4 Å². The van der Waals surface area contributed by atoms with Crippen molar-refractivity contribution < 1.29 is 4.43 Å². The van der Waals surface area contributed by atoms with E-state index in [1.165, 1.54) is 0 Å². The minimum atomic E-state index is -1.35. The molecule has 0 aliphatic carbocycles. The minimum absolute atomic E-state index is 0.629. The summed E-state index contributed by atoms with van der Waals surface area (Å²) < 4.78 is 5.60. The lowest BCUT2D eigenvalue weighted by Crippen LogP contribution is -2.51. The third-order valence-electron chi connectivity index (χ3n) is 1.55. The molecule has 0 unspecified atom stereocenters. The van der Waals surface area contributed by atoms with Crippen LogP contribution in [0.25, 0.3) is 0 Å². The normalized spacial score (nSPS) is 11.1. The van der Waals surface area contributed by atoms with E-state index in [9.17, 15) is 0 Å². The van der Waals surface area contributed by atoms with Crippen molar-refractivity contribution in [1.29, 1.82) is 0 Å². The molecule has 0 saturated carbocycles. The molecule has 0 bridgehead atoms. The number of nitrogens with one attached hydrogen (secondary N) is 3. The van der Waals surface area contributed by atoms with Crippen LogP contribution in [0.4, 0.5) is 0 Å². The molecule has 5 heteroatoms. The van der Waals surface area contributed by atoms with Crippen LogP contribution in [0.5, 0.6) is 0 Å². The highest BCUT2D eigenvalue weighted by Gasteiger charge is 2.08. The molecule has 0 aliphatic rings. The Kier molecular flexibility index (Phi) is 10.2. The molecule has 0 aromatic carbocycles. The molecule has 0 atom stereocenters. The van der Waals surface area contributed by atoms with Gasteiger partial charge in [-0.1, -0.05) is 13.8 Å². The molecule has 0 fully saturated rings. The average molecular weight is 205 g/mol. The molecule has 4 nitrogen and oxygen atoms in total. The van der Waals surface area contributed by atoms with Gasteiger partial charge in [0.2, 0.25) is 0 Å². The lowest BCUT2D eigenvalue weighted by Gasteiger charge is -2.17. The van der Waals surface area contributed by atoms with E-state index in [1.807, 2.05) is 7.05 Å². The fourth-order valence-electron chi connectivity index (χ4n) is 0.908. The summed E-state index contributed by atoms with van der Waals surface area (Å²) >= 11 is 0. The van der Waals surface area contributed by atoms with Crippen molar-refractivity contribution in [2.75, 3.05) is 26.9 Å². The molecule has 0 aromatic rings. The lowest BCUT2D eigenvalue weighted by atomic mass is 10.5. The first-order valence-electron chi connectivity index (χ1n) is 5.08. The summed E-state index contributed by atoms with van der Waals surface area (Å²) in [6.45, 7) is 7.03. The average Bonchev–Trinajstić information content (AvgIpc) is 2.17. The second kappa shape index (κ2) is 10.1. The van der Waals surface area contributed by atoms with Gasteiger partial charge in [0.25, 0.3) is 0 Å². The molecular weight excluding hydrogens is 182 g/mol. The SMILES string of the molecule is CCCN[SiH](NCCC)OCNC. The van der Waals surface area contributed by atoms with Crippen molar-refractivity contribution in [2.24, 2.45) is 0 Å². The van der Waals surface area contributed by atoms with E-state index in [2.05, 4.69) is 29.1 Å². The van der Waals surface area contributed by atoms with E-state index in [0.717, 1.165) is 25.9 Å². The smallest absolute Gasteiger partial charge is 0.336 e. The summed E-state index contributed by atoms with van der Waals surface area (Å²) in [4.78, 5) is 6.81. The van der Waals surface area contributed by atoms with Gasteiger partial charge in [0.15, 0.2) is 0 Å². The molecule has 80 valence electrons. The second-order valence-corrected chi connectivity index (χ2v) is 4.86. The second-order valence-electron chi connectivity index (χ2n) is 2.95. The van der Waals surface area contributed by atoms with Crippen molar-refractivity contribution in [3.63, 3.8) is 0 Å². The van der Waals surface area contributed by atoms with E-state index in [4.69, 9.17) is 4.43 Å². The Morgan fingerprint density at radius 2 is 1.62 bits per heavy atom. The van der Waals surface area contributed by atoms with Crippen LogP contribution in [0.1, 0.15) is 26.7 Å². The third kappa shape index (κ3) is 8.39. The van der Waals surface area contributed by atoms with Gasteiger partial charge in [-0.05, 0) is 33.0 Å². The van der Waals surface area contributed by atoms with Gasteiger partial charge in [-0.25, -0.2) is 0 Å². The van der Waals surface area contributed by atoms with Crippen LogP contribution in [-0.2, 0) is 4.43 Å². The zero-order valence-electron chi connectivity index (χ0n) is 9.02. The standard InChI is InChI=1S/C8H23N3OSi/c1-4-6-10-13(11-7-5-2)12-8-9-3/h9-11,13H,4-8H2,1-3H3. The van der Waals surface area contributed by atoms with Gasteiger partial charge in [-0.3, -0.25) is 5.32 Å². The van der Waals surface area contributed by atoms with E-state index >= 15 is 0 Å². The molecule has 0 radical (unpaired) electrons. The Balaban J connectivity index is 3.47. The Hall–Kier alpha value is 0.0569. The van der Waals surface area contributed by atoms with Gasteiger partial charge in [0, 0.05) is 0 Å². The van der Waals surface area contributed by atoms with Crippen molar-refractivity contribution in [3.05, 3.63) is 0 Å². The molecule has 0 spiro atoms. The maximum absolute atomic E-state index is 5.60. The number of rotatable bonds is 9. The largest absolute Gasteiger partial charge is 0.381 e. The van der Waals surface area contributed by atoms with Crippen molar-refractivity contribution in [2.45, 2.75) is 26.7 Å². The van der Waals surface area contributed by atoms with Crippen LogP contribution >= 0.6 is 0 Å². The third-order valence-corrected chi connectivity index (χ3v) is 3.37. The molecule has 0 heterocycles.